The monoisotopic (exact) mass is 391 g/mol. The van der Waals surface area contributed by atoms with Gasteiger partial charge in [0.15, 0.2) is 5.71 Å². The predicted octanol–water partition coefficient (Wildman–Crippen LogP) is 1.29. The van der Waals surface area contributed by atoms with E-state index in [0.29, 0.717) is 25.4 Å². The highest BCUT2D eigenvalue weighted by Gasteiger charge is 2.39. The van der Waals surface area contributed by atoms with Crippen molar-refractivity contribution in [1.29, 1.82) is 0 Å². The van der Waals surface area contributed by atoms with Crippen molar-refractivity contribution in [1.82, 2.24) is 21.0 Å². The van der Waals surface area contributed by atoms with E-state index in [9.17, 15) is 9.59 Å². The highest BCUT2D eigenvalue weighted by atomic mass is 32.2. The summed E-state index contributed by atoms with van der Waals surface area (Å²) in [5.41, 5.74) is 4.19. The lowest BCUT2D eigenvalue weighted by Crippen LogP contribution is -2.70. The van der Waals surface area contributed by atoms with Crippen molar-refractivity contribution in [3.05, 3.63) is 35.9 Å². The smallest absolute Gasteiger partial charge is 0.409 e. The van der Waals surface area contributed by atoms with Crippen molar-refractivity contribution in [2.24, 2.45) is 5.10 Å². The molecule has 1 unspecified atom stereocenters. The van der Waals surface area contributed by atoms with Crippen molar-refractivity contribution in [2.75, 3.05) is 26.0 Å². The molecule has 3 N–H and O–H groups in total. The molecule has 1 saturated heterocycles. The van der Waals surface area contributed by atoms with Gasteiger partial charge in [0.25, 0.3) is 5.91 Å². The van der Waals surface area contributed by atoms with Crippen LogP contribution in [-0.2, 0) is 9.53 Å². The second kappa shape index (κ2) is 8.62. The van der Waals surface area contributed by atoms with Gasteiger partial charge < -0.3 is 15.0 Å². The van der Waals surface area contributed by atoms with Gasteiger partial charge in [0.2, 0.25) is 5.12 Å². The Morgan fingerprint density at radius 3 is 2.67 bits per heavy atom. The van der Waals surface area contributed by atoms with Crippen molar-refractivity contribution < 1.29 is 14.3 Å². The maximum absolute atomic E-state index is 12.6. The summed E-state index contributed by atoms with van der Waals surface area (Å²) < 4.78 is 5.05. The van der Waals surface area contributed by atoms with Gasteiger partial charge in [0, 0.05) is 24.7 Å². The number of amides is 2. The minimum Gasteiger partial charge on any atom is -0.450 e. The molecule has 0 aromatic heterocycles. The SMILES string of the molecule is CCOC(=O)N1CCC(NC2(SC)NN=C(c3ccccc3)C(=O)N2)CC1. The second-order valence-electron chi connectivity index (χ2n) is 6.38. The highest BCUT2D eigenvalue weighted by Crippen LogP contribution is 2.21. The fraction of sp³-hybridized carbons (Fsp3) is 0.500. The lowest BCUT2D eigenvalue weighted by Gasteiger charge is -2.41. The molecule has 1 atom stereocenters. The number of nitrogens with zero attached hydrogens (tertiary/aromatic N) is 2. The summed E-state index contributed by atoms with van der Waals surface area (Å²) in [6.45, 7) is 3.42. The first-order valence-corrected chi connectivity index (χ1v) is 10.3. The summed E-state index contributed by atoms with van der Waals surface area (Å²) in [5.74, 6) is -0.231. The van der Waals surface area contributed by atoms with Gasteiger partial charge in [-0.2, -0.15) is 5.10 Å². The number of ether oxygens (including phenoxy) is 1. The van der Waals surface area contributed by atoms with Crippen LogP contribution in [0, 0.1) is 0 Å². The van der Waals surface area contributed by atoms with Crippen LogP contribution in [0.25, 0.3) is 0 Å². The number of rotatable bonds is 5. The first-order valence-electron chi connectivity index (χ1n) is 9.04. The van der Waals surface area contributed by atoms with E-state index in [-0.39, 0.29) is 18.0 Å². The van der Waals surface area contributed by atoms with E-state index in [4.69, 9.17) is 4.74 Å². The number of likely N-dealkylation sites (tertiary alicyclic amines) is 1. The molecular weight excluding hydrogens is 366 g/mol. The molecular formula is C18H25N5O3S. The van der Waals surface area contributed by atoms with Gasteiger partial charge in [-0.3, -0.25) is 15.5 Å². The van der Waals surface area contributed by atoms with E-state index in [2.05, 4.69) is 21.2 Å². The summed E-state index contributed by atoms with van der Waals surface area (Å²) in [5, 5.41) is 9.90. The van der Waals surface area contributed by atoms with E-state index in [1.807, 2.05) is 36.6 Å². The number of thioether (sulfide) groups is 1. The van der Waals surface area contributed by atoms with Crippen LogP contribution in [0.15, 0.2) is 35.4 Å². The van der Waals surface area contributed by atoms with E-state index in [1.165, 1.54) is 11.8 Å². The molecule has 2 aliphatic rings. The molecule has 2 aliphatic heterocycles. The molecule has 1 aromatic rings. The molecule has 0 aliphatic carbocycles. The van der Waals surface area contributed by atoms with Crippen molar-refractivity contribution in [3.8, 4) is 0 Å². The number of carbonyl (C=O) groups excluding carboxylic acids is 2. The average molecular weight is 391 g/mol. The predicted molar refractivity (Wildman–Crippen MR) is 105 cm³/mol. The number of piperidine rings is 1. The zero-order valence-electron chi connectivity index (χ0n) is 15.5. The lowest BCUT2D eigenvalue weighted by atomic mass is 10.1. The maximum atomic E-state index is 12.6. The van der Waals surface area contributed by atoms with Crippen LogP contribution in [0.4, 0.5) is 4.79 Å². The Morgan fingerprint density at radius 1 is 1.37 bits per heavy atom. The molecule has 1 aromatic carbocycles. The van der Waals surface area contributed by atoms with Crippen molar-refractivity contribution in [3.63, 3.8) is 0 Å². The molecule has 3 rings (SSSR count). The first-order chi connectivity index (χ1) is 13.1. The zero-order chi connectivity index (χ0) is 19.3. The van der Waals surface area contributed by atoms with E-state index < -0.39 is 5.12 Å². The third-order valence-corrected chi connectivity index (χ3v) is 5.54. The molecule has 0 radical (unpaired) electrons. The normalized spacial score (nSPS) is 23.3. The van der Waals surface area contributed by atoms with Gasteiger partial charge in [-0.1, -0.05) is 42.1 Å². The Balaban J connectivity index is 1.62. The number of benzene rings is 1. The molecule has 9 heteroatoms. The standard InChI is InChI=1S/C18H25N5O3S/c1-3-26-17(25)23-11-9-14(10-12-23)19-18(27-2)20-16(24)15(21-22-18)13-7-5-4-6-8-13/h4-8,14,19,22H,3,9-12H2,1-2H3,(H,20,24). The topological polar surface area (TPSA) is 95.1 Å². The Bertz CT molecular complexity index is 706. The van der Waals surface area contributed by atoms with Gasteiger partial charge in [0.1, 0.15) is 0 Å². The Kier molecular flexibility index (Phi) is 6.22. The van der Waals surface area contributed by atoms with E-state index in [0.717, 1.165) is 18.4 Å². The number of hydrogen-bond donors (Lipinski definition) is 3. The molecule has 27 heavy (non-hydrogen) atoms. The maximum Gasteiger partial charge on any atom is 0.409 e. The van der Waals surface area contributed by atoms with E-state index >= 15 is 0 Å². The molecule has 146 valence electrons. The first kappa shape index (κ1) is 19.5. The number of carbonyl (C=O) groups is 2. The van der Waals surface area contributed by atoms with Gasteiger partial charge >= 0.3 is 6.09 Å². The van der Waals surface area contributed by atoms with Crippen LogP contribution in [0.2, 0.25) is 0 Å². The third-order valence-electron chi connectivity index (χ3n) is 4.61. The molecule has 0 saturated carbocycles. The Morgan fingerprint density at radius 2 is 2.07 bits per heavy atom. The summed E-state index contributed by atoms with van der Waals surface area (Å²) in [7, 11) is 0. The fourth-order valence-corrected chi connectivity index (χ4v) is 3.77. The molecule has 2 amide bonds. The number of hydrogen-bond acceptors (Lipinski definition) is 7. The van der Waals surface area contributed by atoms with Crippen LogP contribution in [0.5, 0.6) is 0 Å². The number of hydrazone groups is 1. The van der Waals surface area contributed by atoms with E-state index in [1.54, 1.807) is 11.8 Å². The molecule has 8 nitrogen and oxygen atoms in total. The second-order valence-corrected chi connectivity index (χ2v) is 7.40. The van der Waals surface area contributed by atoms with Gasteiger partial charge in [-0.05, 0) is 26.0 Å². The van der Waals surface area contributed by atoms with Crippen LogP contribution >= 0.6 is 11.8 Å². The van der Waals surface area contributed by atoms with Gasteiger partial charge in [0.05, 0.1) is 6.61 Å². The van der Waals surface area contributed by atoms with Crippen LogP contribution in [0.3, 0.4) is 0 Å². The Labute approximate surface area is 163 Å². The van der Waals surface area contributed by atoms with Crippen LogP contribution < -0.4 is 16.1 Å². The summed E-state index contributed by atoms with van der Waals surface area (Å²) in [6, 6.07) is 9.49. The largest absolute Gasteiger partial charge is 0.450 e. The van der Waals surface area contributed by atoms with Crippen molar-refractivity contribution >= 4 is 29.5 Å². The number of nitrogens with one attached hydrogen (secondary N) is 3. The van der Waals surface area contributed by atoms with Crippen LogP contribution in [-0.4, -0.2) is 59.7 Å². The highest BCUT2D eigenvalue weighted by molar-refractivity contribution is 7.99. The van der Waals surface area contributed by atoms with Gasteiger partial charge in [-0.15, -0.1) is 0 Å². The zero-order valence-corrected chi connectivity index (χ0v) is 16.3. The summed E-state index contributed by atoms with van der Waals surface area (Å²) >= 11 is 1.44. The quantitative estimate of drug-likeness (QED) is 0.655. The summed E-state index contributed by atoms with van der Waals surface area (Å²) in [6.07, 6.45) is 3.18. The van der Waals surface area contributed by atoms with Crippen LogP contribution in [0.1, 0.15) is 25.3 Å². The van der Waals surface area contributed by atoms with Crippen molar-refractivity contribution in [2.45, 2.75) is 30.9 Å². The molecule has 0 bridgehead atoms. The van der Waals surface area contributed by atoms with Gasteiger partial charge in [-0.25, -0.2) is 4.79 Å². The molecule has 0 spiro atoms. The molecule has 2 heterocycles. The molecule has 1 fully saturated rings. The third kappa shape index (κ3) is 4.54. The fourth-order valence-electron chi connectivity index (χ4n) is 3.16. The summed E-state index contributed by atoms with van der Waals surface area (Å²) in [4.78, 5) is 26.2. The minimum absolute atomic E-state index is 0.143. The Hall–Kier alpha value is -2.26. The lowest BCUT2D eigenvalue weighted by molar-refractivity contribution is -0.117. The average Bonchev–Trinajstić information content (AvgIpc) is 2.69. The minimum atomic E-state index is -0.869.